The standard InChI is InChI=1S/C24H16B2N3O/c1-26-29-21-5-3-2-4-16(21)18-9-11-23(27-24(18)29)28-20-10-6-14(25)12-19(20)17-8-7-15(30)13-22(17)28/h2-13,30H,1H3. The Bertz CT molecular complexity index is 1610. The van der Waals surface area contributed by atoms with Gasteiger partial charge in [-0.2, -0.15) is 0 Å². The highest BCUT2D eigenvalue weighted by Crippen LogP contribution is 2.34. The Balaban J connectivity index is 1.75. The number of hydrogen-bond donors (Lipinski definition) is 1. The Morgan fingerprint density at radius 1 is 0.800 bits per heavy atom. The van der Waals surface area contributed by atoms with Gasteiger partial charge in [-0.05, 0) is 36.4 Å². The van der Waals surface area contributed by atoms with E-state index in [9.17, 15) is 5.11 Å². The Labute approximate surface area is 175 Å². The maximum absolute atomic E-state index is 10.2. The Hall–Kier alpha value is -3.66. The van der Waals surface area contributed by atoms with Crippen molar-refractivity contribution in [3.8, 4) is 11.6 Å². The third-order valence-corrected chi connectivity index (χ3v) is 5.80. The molecule has 0 saturated heterocycles. The summed E-state index contributed by atoms with van der Waals surface area (Å²) in [5.41, 5.74) is 4.64. The average molecular weight is 384 g/mol. The highest BCUT2D eigenvalue weighted by atomic mass is 16.3. The minimum atomic E-state index is 0.219. The van der Waals surface area contributed by atoms with Gasteiger partial charge in [0.05, 0.1) is 11.0 Å². The fourth-order valence-corrected chi connectivity index (χ4v) is 4.52. The summed E-state index contributed by atoms with van der Waals surface area (Å²) in [7, 11) is 8.11. The highest BCUT2D eigenvalue weighted by molar-refractivity contribution is 6.37. The van der Waals surface area contributed by atoms with Gasteiger partial charge in [0.2, 0.25) is 0 Å². The van der Waals surface area contributed by atoms with E-state index in [0.29, 0.717) is 5.46 Å². The van der Waals surface area contributed by atoms with Crippen molar-refractivity contribution in [1.82, 2.24) is 14.0 Å². The molecule has 6 heteroatoms. The number of aromatic nitrogens is 3. The number of benzene rings is 3. The maximum atomic E-state index is 10.2. The highest BCUT2D eigenvalue weighted by Gasteiger charge is 2.16. The second kappa shape index (κ2) is 6.17. The van der Waals surface area contributed by atoms with E-state index in [4.69, 9.17) is 12.8 Å². The fraction of sp³-hybridized carbons (Fsp3) is 0.0417. The lowest BCUT2D eigenvalue weighted by Crippen LogP contribution is -2.04. The molecule has 0 bridgehead atoms. The van der Waals surface area contributed by atoms with Crippen LogP contribution in [-0.4, -0.2) is 34.4 Å². The molecule has 3 radical (unpaired) electrons. The molecule has 1 N–H and O–H groups in total. The minimum absolute atomic E-state index is 0.219. The van der Waals surface area contributed by atoms with E-state index < -0.39 is 0 Å². The van der Waals surface area contributed by atoms with Crippen molar-refractivity contribution in [2.45, 2.75) is 6.82 Å². The molecule has 139 valence electrons. The van der Waals surface area contributed by atoms with Gasteiger partial charge in [-0.3, -0.25) is 4.57 Å². The molecule has 0 aliphatic rings. The lowest BCUT2D eigenvalue weighted by molar-refractivity contribution is 0.476. The average Bonchev–Trinajstić information content (AvgIpc) is 3.24. The first-order valence-corrected chi connectivity index (χ1v) is 9.88. The summed E-state index contributed by atoms with van der Waals surface area (Å²) in [5, 5.41) is 14.5. The zero-order chi connectivity index (χ0) is 20.4. The van der Waals surface area contributed by atoms with Crippen molar-refractivity contribution >= 4 is 64.5 Å². The minimum Gasteiger partial charge on any atom is -0.508 e. The van der Waals surface area contributed by atoms with Crippen LogP contribution < -0.4 is 5.46 Å². The molecule has 0 atom stereocenters. The number of aromatic hydroxyl groups is 1. The molecule has 3 aromatic heterocycles. The first kappa shape index (κ1) is 17.2. The molecule has 30 heavy (non-hydrogen) atoms. The van der Waals surface area contributed by atoms with Crippen LogP contribution in [0.1, 0.15) is 0 Å². The molecule has 4 nitrogen and oxygen atoms in total. The van der Waals surface area contributed by atoms with Crippen LogP contribution in [0, 0.1) is 0 Å². The van der Waals surface area contributed by atoms with Gasteiger partial charge in [-0.25, -0.2) is 4.98 Å². The third-order valence-electron chi connectivity index (χ3n) is 5.80. The monoisotopic (exact) mass is 384 g/mol. The Morgan fingerprint density at radius 2 is 1.60 bits per heavy atom. The molecule has 0 unspecified atom stereocenters. The molecular formula is C24H16B2N3O. The van der Waals surface area contributed by atoms with Crippen LogP contribution in [0.25, 0.3) is 49.6 Å². The van der Waals surface area contributed by atoms with Gasteiger partial charge in [-0.1, -0.05) is 42.6 Å². The second-order valence-corrected chi connectivity index (χ2v) is 7.50. The molecule has 0 amide bonds. The molecule has 3 heterocycles. The van der Waals surface area contributed by atoms with E-state index >= 15 is 0 Å². The largest absolute Gasteiger partial charge is 0.508 e. The van der Waals surface area contributed by atoms with Gasteiger partial charge in [0.25, 0.3) is 7.41 Å². The van der Waals surface area contributed by atoms with Gasteiger partial charge < -0.3 is 9.58 Å². The summed E-state index contributed by atoms with van der Waals surface area (Å²) in [6.07, 6.45) is 0. The molecule has 0 aliphatic carbocycles. The van der Waals surface area contributed by atoms with Crippen LogP contribution >= 0.6 is 0 Å². The Kier molecular flexibility index (Phi) is 3.54. The maximum Gasteiger partial charge on any atom is 0.251 e. The molecule has 0 aliphatic heterocycles. The first-order valence-electron chi connectivity index (χ1n) is 9.88. The van der Waals surface area contributed by atoms with Gasteiger partial charge in [0.1, 0.15) is 25.1 Å². The zero-order valence-electron chi connectivity index (χ0n) is 16.4. The SMILES string of the molecule is [B]c1ccc2c(c1)c1ccc(O)cc1n2-c1ccc2c3ccccc3n([B]C)c2n1. The summed E-state index contributed by atoms with van der Waals surface area (Å²) in [6, 6.07) is 23.8. The molecule has 6 aromatic rings. The molecule has 0 fully saturated rings. The lowest BCUT2D eigenvalue weighted by atomic mass is 9.94. The summed E-state index contributed by atoms with van der Waals surface area (Å²) in [5.74, 6) is 1.01. The summed E-state index contributed by atoms with van der Waals surface area (Å²) in [6.45, 7) is 2.02. The van der Waals surface area contributed by atoms with E-state index in [2.05, 4.69) is 33.3 Å². The molecule has 3 aromatic carbocycles. The van der Waals surface area contributed by atoms with Crippen molar-refractivity contribution in [1.29, 1.82) is 0 Å². The number of phenolic OH excluding ortho intramolecular Hbond substituents is 1. The number of para-hydroxylation sites is 1. The smallest absolute Gasteiger partial charge is 0.251 e. The molecular weight excluding hydrogens is 368 g/mol. The van der Waals surface area contributed by atoms with Crippen LogP contribution in [0.4, 0.5) is 0 Å². The summed E-state index contributed by atoms with van der Waals surface area (Å²) in [4.78, 5) is 5.06. The number of rotatable bonds is 2. The normalized spacial score (nSPS) is 11.8. The fourth-order valence-electron chi connectivity index (χ4n) is 4.52. The van der Waals surface area contributed by atoms with E-state index in [-0.39, 0.29) is 5.75 Å². The van der Waals surface area contributed by atoms with Crippen molar-refractivity contribution in [2.24, 2.45) is 0 Å². The van der Waals surface area contributed by atoms with E-state index in [1.54, 1.807) is 12.1 Å². The van der Waals surface area contributed by atoms with Crippen molar-refractivity contribution in [2.75, 3.05) is 0 Å². The van der Waals surface area contributed by atoms with Crippen molar-refractivity contribution in [3.05, 3.63) is 72.8 Å². The predicted octanol–water partition coefficient (Wildman–Crippen LogP) is 4.30. The van der Waals surface area contributed by atoms with Crippen molar-refractivity contribution < 1.29 is 5.11 Å². The summed E-state index contributed by atoms with van der Waals surface area (Å²) >= 11 is 0. The van der Waals surface area contributed by atoms with Gasteiger partial charge in [0, 0.05) is 33.1 Å². The number of nitrogens with zero attached hydrogens (tertiary/aromatic N) is 3. The zero-order valence-corrected chi connectivity index (χ0v) is 16.4. The number of hydrogen-bond acceptors (Lipinski definition) is 2. The van der Waals surface area contributed by atoms with Crippen LogP contribution in [0.5, 0.6) is 5.75 Å². The van der Waals surface area contributed by atoms with E-state index in [0.717, 1.165) is 44.2 Å². The number of fused-ring (bicyclic) bond motifs is 6. The van der Waals surface area contributed by atoms with Crippen LogP contribution in [-0.2, 0) is 0 Å². The van der Waals surface area contributed by atoms with Gasteiger partial charge in [0.15, 0.2) is 0 Å². The summed E-state index contributed by atoms with van der Waals surface area (Å²) < 4.78 is 4.21. The predicted molar refractivity (Wildman–Crippen MR) is 126 cm³/mol. The first-order chi connectivity index (χ1) is 14.7. The second-order valence-electron chi connectivity index (χ2n) is 7.50. The van der Waals surface area contributed by atoms with E-state index in [1.807, 2.05) is 50.6 Å². The van der Waals surface area contributed by atoms with Crippen LogP contribution in [0.3, 0.4) is 0 Å². The van der Waals surface area contributed by atoms with E-state index in [1.165, 1.54) is 5.39 Å². The quantitative estimate of drug-likeness (QED) is 0.453. The number of pyridine rings is 1. The molecule has 0 spiro atoms. The number of phenols is 1. The Morgan fingerprint density at radius 3 is 2.47 bits per heavy atom. The van der Waals surface area contributed by atoms with Crippen molar-refractivity contribution in [3.63, 3.8) is 0 Å². The van der Waals surface area contributed by atoms with Gasteiger partial charge in [-0.15, -0.1) is 0 Å². The van der Waals surface area contributed by atoms with Gasteiger partial charge >= 0.3 is 0 Å². The topological polar surface area (TPSA) is 43.0 Å². The van der Waals surface area contributed by atoms with Crippen LogP contribution in [0.2, 0.25) is 6.82 Å². The molecule has 0 saturated carbocycles. The van der Waals surface area contributed by atoms with Crippen LogP contribution in [0.15, 0.2) is 72.8 Å². The third kappa shape index (κ3) is 2.28. The molecule has 6 rings (SSSR count). The lowest BCUT2D eigenvalue weighted by Gasteiger charge is -2.09.